The number of carbonyl (C=O) groups is 1. The summed E-state index contributed by atoms with van der Waals surface area (Å²) in [6, 6.07) is 9.33. The van der Waals surface area contributed by atoms with E-state index in [1.54, 1.807) is 12.1 Å². The molecule has 0 aliphatic carbocycles. The molecule has 0 atom stereocenters. The van der Waals surface area contributed by atoms with Gasteiger partial charge in [-0.3, -0.25) is 0 Å². The summed E-state index contributed by atoms with van der Waals surface area (Å²) in [6.07, 6.45) is 2.66. The summed E-state index contributed by atoms with van der Waals surface area (Å²) in [6.45, 7) is 4.51. The van der Waals surface area contributed by atoms with Crippen LogP contribution in [0.4, 0.5) is 0 Å². The summed E-state index contributed by atoms with van der Waals surface area (Å²) in [5.74, 6) is -0.924. The zero-order valence-corrected chi connectivity index (χ0v) is 11.1. The van der Waals surface area contributed by atoms with Crippen LogP contribution in [-0.4, -0.2) is 15.6 Å². The van der Waals surface area contributed by atoms with Gasteiger partial charge in [-0.2, -0.15) is 5.26 Å². The highest BCUT2D eigenvalue weighted by Gasteiger charge is 2.16. The minimum atomic E-state index is -0.924. The molecule has 0 saturated carbocycles. The lowest BCUT2D eigenvalue weighted by atomic mass is 9.91. The first-order valence-electron chi connectivity index (χ1n) is 6.16. The molecule has 0 saturated heterocycles. The maximum Gasteiger partial charge on any atom is 0.335 e. The van der Waals surface area contributed by atoms with Gasteiger partial charge in [0.15, 0.2) is 0 Å². The Kier molecular flexibility index (Phi) is 3.30. The van der Waals surface area contributed by atoms with Crippen molar-refractivity contribution in [1.82, 2.24) is 4.57 Å². The van der Waals surface area contributed by atoms with Crippen LogP contribution in [0.15, 0.2) is 30.5 Å². The molecule has 2 aromatic rings. The molecular weight excluding hydrogens is 240 g/mol. The van der Waals surface area contributed by atoms with E-state index in [4.69, 9.17) is 10.4 Å². The van der Waals surface area contributed by atoms with Crippen LogP contribution in [0.5, 0.6) is 0 Å². The first kappa shape index (κ1) is 13.2. The monoisotopic (exact) mass is 256 g/mol. The Morgan fingerprint density at radius 1 is 1.42 bits per heavy atom. The number of fused-ring (bicyclic) bond motifs is 1. The molecule has 0 amide bonds. The van der Waals surface area contributed by atoms with Gasteiger partial charge in [-0.05, 0) is 43.9 Å². The topological polar surface area (TPSA) is 66.0 Å². The van der Waals surface area contributed by atoms with Gasteiger partial charge in [0.2, 0.25) is 0 Å². The van der Waals surface area contributed by atoms with Crippen LogP contribution in [0.3, 0.4) is 0 Å². The summed E-state index contributed by atoms with van der Waals surface area (Å²) in [5.41, 5.74) is 0.807. The highest BCUT2D eigenvalue weighted by atomic mass is 16.4. The number of carboxylic acids is 1. The van der Waals surface area contributed by atoms with Crippen molar-refractivity contribution >= 4 is 16.9 Å². The average molecular weight is 256 g/mol. The lowest BCUT2D eigenvalue weighted by molar-refractivity contribution is 0.0697. The zero-order chi connectivity index (χ0) is 14.0. The summed E-state index contributed by atoms with van der Waals surface area (Å²) >= 11 is 0. The summed E-state index contributed by atoms with van der Waals surface area (Å²) in [7, 11) is 0. The molecule has 0 spiro atoms. The first-order chi connectivity index (χ1) is 8.93. The first-order valence-corrected chi connectivity index (χ1v) is 6.16. The molecule has 0 aliphatic heterocycles. The van der Waals surface area contributed by atoms with E-state index in [1.807, 2.05) is 36.7 Å². The predicted octanol–water partition coefficient (Wildman–Crippen LogP) is 3.28. The van der Waals surface area contributed by atoms with Crippen molar-refractivity contribution in [2.24, 2.45) is 5.41 Å². The van der Waals surface area contributed by atoms with E-state index in [9.17, 15) is 4.79 Å². The lowest BCUT2D eigenvalue weighted by Crippen LogP contribution is -2.12. The number of hydrogen-bond donors (Lipinski definition) is 1. The largest absolute Gasteiger partial charge is 0.478 e. The standard InChI is InChI=1S/C15H16N2O2/c1-15(2,10-16)6-8-17-7-5-11-3-4-12(14(18)19)9-13(11)17/h3-5,7,9H,6,8H2,1-2H3,(H,18,19). The van der Waals surface area contributed by atoms with Crippen molar-refractivity contribution in [2.75, 3.05) is 0 Å². The molecule has 98 valence electrons. The maximum absolute atomic E-state index is 11.0. The number of carboxylic acid groups (broad SMARTS) is 1. The Bertz CT molecular complexity index is 662. The minimum absolute atomic E-state index is 0.284. The number of benzene rings is 1. The quantitative estimate of drug-likeness (QED) is 0.912. The second-order valence-electron chi connectivity index (χ2n) is 5.33. The van der Waals surface area contributed by atoms with Gasteiger partial charge < -0.3 is 9.67 Å². The fourth-order valence-electron chi connectivity index (χ4n) is 1.97. The van der Waals surface area contributed by atoms with Crippen LogP contribution >= 0.6 is 0 Å². The molecule has 1 heterocycles. The molecule has 1 aromatic carbocycles. The van der Waals surface area contributed by atoms with Crippen molar-refractivity contribution in [3.63, 3.8) is 0 Å². The van der Waals surface area contributed by atoms with Gasteiger partial charge in [0.25, 0.3) is 0 Å². The molecule has 0 aliphatic rings. The average Bonchev–Trinajstić information content (AvgIpc) is 2.78. The lowest BCUT2D eigenvalue weighted by Gasteiger charge is -2.15. The van der Waals surface area contributed by atoms with Crippen molar-refractivity contribution in [1.29, 1.82) is 5.26 Å². The van der Waals surface area contributed by atoms with Crippen molar-refractivity contribution in [2.45, 2.75) is 26.8 Å². The SMILES string of the molecule is CC(C)(C#N)CCn1ccc2ccc(C(=O)O)cc21. The van der Waals surface area contributed by atoms with Crippen LogP contribution < -0.4 is 0 Å². The Labute approximate surface area is 111 Å². The molecular formula is C15H16N2O2. The van der Waals surface area contributed by atoms with Crippen LogP contribution in [0, 0.1) is 16.7 Å². The van der Waals surface area contributed by atoms with E-state index >= 15 is 0 Å². The Morgan fingerprint density at radius 3 is 2.79 bits per heavy atom. The molecule has 4 heteroatoms. The van der Waals surface area contributed by atoms with Gasteiger partial charge in [-0.15, -0.1) is 0 Å². The number of nitrogens with zero attached hydrogens (tertiary/aromatic N) is 2. The normalized spacial score (nSPS) is 11.4. The Hall–Kier alpha value is -2.28. The van der Waals surface area contributed by atoms with Gasteiger partial charge in [0, 0.05) is 18.3 Å². The Balaban J connectivity index is 2.31. The minimum Gasteiger partial charge on any atom is -0.478 e. The second kappa shape index (κ2) is 4.77. The van der Waals surface area contributed by atoms with E-state index in [2.05, 4.69) is 6.07 Å². The van der Waals surface area contributed by atoms with E-state index in [0.29, 0.717) is 6.54 Å². The molecule has 0 radical (unpaired) electrons. The number of aromatic nitrogens is 1. The van der Waals surface area contributed by atoms with Crippen molar-refractivity contribution < 1.29 is 9.90 Å². The van der Waals surface area contributed by atoms with Gasteiger partial charge in [0.1, 0.15) is 0 Å². The summed E-state index contributed by atoms with van der Waals surface area (Å²) in [5, 5.41) is 19.0. The highest BCUT2D eigenvalue weighted by Crippen LogP contribution is 2.23. The third kappa shape index (κ3) is 2.76. The Morgan fingerprint density at radius 2 is 2.16 bits per heavy atom. The van der Waals surface area contributed by atoms with Crippen LogP contribution in [0.2, 0.25) is 0 Å². The third-order valence-electron chi connectivity index (χ3n) is 3.30. The van der Waals surface area contributed by atoms with E-state index in [-0.39, 0.29) is 11.0 Å². The molecule has 1 N–H and O–H groups in total. The molecule has 0 unspecified atom stereocenters. The number of hydrogen-bond acceptors (Lipinski definition) is 2. The predicted molar refractivity (Wildman–Crippen MR) is 72.9 cm³/mol. The molecule has 19 heavy (non-hydrogen) atoms. The van der Waals surface area contributed by atoms with Gasteiger partial charge in [0.05, 0.1) is 17.0 Å². The van der Waals surface area contributed by atoms with Crippen LogP contribution in [0.1, 0.15) is 30.6 Å². The second-order valence-corrected chi connectivity index (χ2v) is 5.33. The van der Waals surface area contributed by atoms with Crippen LogP contribution in [0.25, 0.3) is 10.9 Å². The van der Waals surface area contributed by atoms with Gasteiger partial charge >= 0.3 is 5.97 Å². The van der Waals surface area contributed by atoms with E-state index in [1.165, 1.54) is 0 Å². The van der Waals surface area contributed by atoms with Crippen LogP contribution in [-0.2, 0) is 6.54 Å². The maximum atomic E-state index is 11.0. The molecule has 2 rings (SSSR count). The molecule has 0 fully saturated rings. The number of aryl methyl sites for hydroxylation is 1. The highest BCUT2D eigenvalue weighted by molar-refractivity contribution is 5.93. The zero-order valence-electron chi connectivity index (χ0n) is 11.1. The van der Waals surface area contributed by atoms with Crippen molar-refractivity contribution in [3.05, 3.63) is 36.0 Å². The number of rotatable bonds is 4. The van der Waals surface area contributed by atoms with Gasteiger partial charge in [-0.1, -0.05) is 6.07 Å². The van der Waals surface area contributed by atoms with E-state index in [0.717, 1.165) is 17.3 Å². The fraction of sp³-hybridized carbons (Fsp3) is 0.333. The molecule has 0 bridgehead atoms. The smallest absolute Gasteiger partial charge is 0.335 e. The molecule has 4 nitrogen and oxygen atoms in total. The molecule has 1 aromatic heterocycles. The van der Waals surface area contributed by atoms with E-state index < -0.39 is 5.97 Å². The summed E-state index contributed by atoms with van der Waals surface area (Å²) in [4.78, 5) is 11.0. The van der Waals surface area contributed by atoms with Crippen molar-refractivity contribution in [3.8, 4) is 6.07 Å². The summed E-state index contributed by atoms with van der Waals surface area (Å²) < 4.78 is 2.00. The number of aromatic carboxylic acids is 1. The third-order valence-corrected chi connectivity index (χ3v) is 3.30. The number of nitriles is 1. The fourth-order valence-corrected chi connectivity index (χ4v) is 1.97. The van der Waals surface area contributed by atoms with Gasteiger partial charge in [-0.25, -0.2) is 4.79 Å².